The van der Waals surface area contributed by atoms with Crippen LogP contribution in [-0.2, 0) is 19.6 Å². The summed E-state index contributed by atoms with van der Waals surface area (Å²) in [4.78, 5) is 0. The zero-order valence-electron chi connectivity index (χ0n) is 16.2. The topological polar surface area (TPSA) is 47.3 Å². The lowest BCUT2D eigenvalue weighted by Crippen LogP contribution is -1.99. The van der Waals surface area contributed by atoms with Gasteiger partial charge in [-0.25, -0.2) is 0 Å². The summed E-state index contributed by atoms with van der Waals surface area (Å²) in [7, 11) is 0. The van der Waals surface area contributed by atoms with Crippen LogP contribution in [0.4, 0.5) is 0 Å². The Hall–Kier alpha value is -3.37. The third kappa shape index (κ3) is 4.92. The molecule has 3 aromatic carbocycles. The van der Waals surface area contributed by atoms with E-state index in [-0.39, 0.29) is 6.61 Å². The van der Waals surface area contributed by atoms with Crippen molar-refractivity contribution < 1.29 is 9.84 Å². The van der Waals surface area contributed by atoms with E-state index in [1.807, 2.05) is 65.6 Å². The molecule has 0 aliphatic carbocycles. The van der Waals surface area contributed by atoms with Crippen LogP contribution in [0.2, 0.25) is 0 Å². The molecule has 0 saturated carbocycles. The summed E-state index contributed by atoms with van der Waals surface area (Å²) in [6.07, 6.45) is 4.53. The van der Waals surface area contributed by atoms with E-state index in [9.17, 15) is 5.11 Å². The van der Waals surface area contributed by atoms with Crippen molar-refractivity contribution in [3.8, 4) is 16.9 Å². The van der Waals surface area contributed by atoms with Crippen molar-refractivity contribution in [2.75, 3.05) is 6.61 Å². The highest BCUT2D eigenvalue weighted by Crippen LogP contribution is 2.32. The third-order valence-electron chi connectivity index (χ3n) is 4.81. The third-order valence-corrected chi connectivity index (χ3v) is 4.81. The number of rotatable bonds is 8. The summed E-state index contributed by atoms with van der Waals surface area (Å²) in [6.45, 7) is 1.35. The molecule has 0 aliphatic rings. The Kier molecular flexibility index (Phi) is 6.03. The number of aliphatic hydroxyl groups is 1. The lowest BCUT2D eigenvalue weighted by molar-refractivity contribution is 0.298. The summed E-state index contributed by atoms with van der Waals surface area (Å²) in [5.41, 5.74) is 5.40. The number of hydrogen-bond donors (Lipinski definition) is 1. The van der Waals surface area contributed by atoms with E-state index < -0.39 is 0 Å². The first-order valence-corrected chi connectivity index (χ1v) is 9.79. The van der Waals surface area contributed by atoms with Crippen LogP contribution in [0.1, 0.15) is 16.7 Å². The normalized spacial score (nSPS) is 10.8. The smallest absolute Gasteiger partial charge is 0.127 e. The van der Waals surface area contributed by atoms with Crippen LogP contribution < -0.4 is 4.74 Å². The predicted molar refractivity (Wildman–Crippen MR) is 115 cm³/mol. The van der Waals surface area contributed by atoms with Crippen LogP contribution in [0.15, 0.2) is 91.3 Å². The molecular weight excluding hydrogens is 360 g/mol. The van der Waals surface area contributed by atoms with Crippen LogP contribution in [0.3, 0.4) is 0 Å². The minimum absolute atomic E-state index is 0.122. The van der Waals surface area contributed by atoms with Crippen molar-refractivity contribution in [2.45, 2.75) is 19.6 Å². The second-order valence-electron chi connectivity index (χ2n) is 6.99. The molecule has 29 heavy (non-hydrogen) atoms. The van der Waals surface area contributed by atoms with E-state index in [0.717, 1.165) is 34.5 Å². The molecule has 4 rings (SSSR count). The fourth-order valence-electron chi connectivity index (χ4n) is 3.31. The van der Waals surface area contributed by atoms with E-state index >= 15 is 0 Å². The largest absolute Gasteiger partial charge is 0.488 e. The zero-order valence-corrected chi connectivity index (χ0v) is 16.2. The molecule has 1 heterocycles. The van der Waals surface area contributed by atoms with Gasteiger partial charge in [0.05, 0.1) is 12.7 Å². The first-order valence-electron chi connectivity index (χ1n) is 9.79. The summed E-state index contributed by atoms with van der Waals surface area (Å²) in [6, 6.07) is 26.5. The number of benzene rings is 3. The van der Waals surface area contributed by atoms with Crippen LogP contribution in [0.25, 0.3) is 11.1 Å². The SMILES string of the molecule is OCCc1ccc(OCc2ccccc2)c(-c2cnn(Cc3ccccc3)c2)c1. The maximum Gasteiger partial charge on any atom is 0.127 e. The molecule has 0 fully saturated rings. The zero-order chi connectivity index (χ0) is 19.9. The highest BCUT2D eigenvalue weighted by molar-refractivity contribution is 5.70. The maximum absolute atomic E-state index is 9.32. The minimum Gasteiger partial charge on any atom is -0.488 e. The van der Waals surface area contributed by atoms with Gasteiger partial charge in [-0.1, -0.05) is 66.7 Å². The van der Waals surface area contributed by atoms with Gasteiger partial charge in [0.25, 0.3) is 0 Å². The summed E-state index contributed by atoms with van der Waals surface area (Å²) < 4.78 is 8.07. The lowest BCUT2D eigenvalue weighted by atomic mass is 10.0. The number of nitrogens with zero attached hydrogens (tertiary/aromatic N) is 2. The highest BCUT2D eigenvalue weighted by atomic mass is 16.5. The van der Waals surface area contributed by atoms with Crippen LogP contribution >= 0.6 is 0 Å². The molecule has 4 aromatic rings. The van der Waals surface area contributed by atoms with Crippen LogP contribution in [0, 0.1) is 0 Å². The number of aliphatic hydroxyl groups excluding tert-OH is 1. The van der Waals surface area contributed by atoms with Crippen molar-refractivity contribution >= 4 is 0 Å². The molecule has 0 amide bonds. The monoisotopic (exact) mass is 384 g/mol. The van der Waals surface area contributed by atoms with Gasteiger partial charge < -0.3 is 9.84 Å². The van der Waals surface area contributed by atoms with Gasteiger partial charge in [0.1, 0.15) is 12.4 Å². The molecule has 0 aliphatic heterocycles. The van der Waals surface area contributed by atoms with Crippen molar-refractivity contribution in [3.63, 3.8) is 0 Å². The average molecular weight is 384 g/mol. The second kappa shape index (κ2) is 9.22. The van der Waals surface area contributed by atoms with Crippen LogP contribution in [-0.4, -0.2) is 21.5 Å². The Labute approximate surface area is 171 Å². The van der Waals surface area contributed by atoms with E-state index in [4.69, 9.17) is 4.74 Å². The summed E-state index contributed by atoms with van der Waals surface area (Å²) >= 11 is 0. The molecule has 0 unspecified atom stereocenters. The Morgan fingerprint density at radius 1 is 0.828 bits per heavy atom. The molecule has 4 heteroatoms. The number of ether oxygens (including phenoxy) is 1. The molecular formula is C25H24N2O2. The molecule has 0 spiro atoms. The predicted octanol–water partition coefficient (Wildman–Crippen LogP) is 4.71. The maximum atomic E-state index is 9.32. The molecule has 0 saturated heterocycles. The van der Waals surface area contributed by atoms with Gasteiger partial charge >= 0.3 is 0 Å². The Morgan fingerprint density at radius 3 is 2.28 bits per heavy atom. The minimum atomic E-state index is 0.122. The van der Waals surface area contributed by atoms with Gasteiger partial charge in [-0.2, -0.15) is 5.10 Å². The van der Waals surface area contributed by atoms with E-state index in [1.165, 1.54) is 5.56 Å². The number of hydrogen-bond acceptors (Lipinski definition) is 3. The van der Waals surface area contributed by atoms with E-state index in [1.54, 1.807) is 0 Å². The van der Waals surface area contributed by atoms with Gasteiger partial charge in [0, 0.05) is 23.9 Å². The Morgan fingerprint density at radius 2 is 1.55 bits per heavy atom. The molecule has 0 bridgehead atoms. The quantitative estimate of drug-likeness (QED) is 0.478. The second-order valence-corrected chi connectivity index (χ2v) is 6.99. The average Bonchev–Trinajstić information content (AvgIpc) is 3.23. The molecule has 1 aromatic heterocycles. The van der Waals surface area contributed by atoms with E-state index in [2.05, 4.69) is 35.4 Å². The fourth-order valence-corrected chi connectivity index (χ4v) is 3.31. The van der Waals surface area contributed by atoms with Gasteiger partial charge in [0.15, 0.2) is 0 Å². The summed E-state index contributed by atoms with van der Waals surface area (Å²) in [5.74, 6) is 0.815. The van der Waals surface area contributed by atoms with Gasteiger partial charge in [-0.05, 0) is 35.2 Å². The van der Waals surface area contributed by atoms with Crippen molar-refractivity contribution in [1.82, 2.24) is 9.78 Å². The van der Waals surface area contributed by atoms with Gasteiger partial charge in [-0.3, -0.25) is 4.68 Å². The van der Waals surface area contributed by atoms with Gasteiger partial charge in [-0.15, -0.1) is 0 Å². The first kappa shape index (κ1) is 19.0. The molecule has 0 atom stereocenters. The van der Waals surface area contributed by atoms with Crippen molar-refractivity contribution in [1.29, 1.82) is 0 Å². The fraction of sp³-hybridized carbons (Fsp3) is 0.160. The lowest BCUT2D eigenvalue weighted by Gasteiger charge is -2.12. The van der Waals surface area contributed by atoms with Crippen LogP contribution in [0.5, 0.6) is 5.75 Å². The summed E-state index contributed by atoms with van der Waals surface area (Å²) in [5, 5.41) is 13.9. The standard InChI is InChI=1S/C25H24N2O2/c28-14-13-20-11-12-25(29-19-22-9-5-2-6-10-22)24(15-20)23-16-26-27(18-23)17-21-7-3-1-4-8-21/h1-12,15-16,18,28H,13-14,17,19H2. The number of aromatic nitrogens is 2. The van der Waals surface area contributed by atoms with Crippen molar-refractivity contribution in [3.05, 3.63) is 108 Å². The highest BCUT2D eigenvalue weighted by Gasteiger charge is 2.11. The Balaban J connectivity index is 1.59. The molecule has 4 nitrogen and oxygen atoms in total. The molecule has 0 radical (unpaired) electrons. The van der Waals surface area contributed by atoms with Crippen molar-refractivity contribution in [2.24, 2.45) is 0 Å². The Bertz CT molecular complexity index is 1040. The van der Waals surface area contributed by atoms with E-state index in [0.29, 0.717) is 13.0 Å². The molecule has 146 valence electrons. The molecule has 1 N–H and O–H groups in total. The first-order chi connectivity index (χ1) is 14.3. The van der Waals surface area contributed by atoms with Gasteiger partial charge in [0.2, 0.25) is 0 Å².